The van der Waals surface area contributed by atoms with Crippen LogP contribution in [0.15, 0.2) is 255 Å². The summed E-state index contributed by atoms with van der Waals surface area (Å²) >= 11 is 0. The molecule has 0 heterocycles. The molecule has 0 fully saturated rings. The van der Waals surface area contributed by atoms with E-state index in [1.54, 1.807) is 0 Å². The lowest BCUT2D eigenvalue weighted by atomic mass is 9.81. The quantitative estimate of drug-likeness (QED) is 0.156. The molecule has 70 heavy (non-hydrogen) atoms. The van der Waals surface area contributed by atoms with Gasteiger partial charge in [-0.3, -0.25) is 0 Å². The minimum atomic E-state index is 1.19. The number of hydrogen-bond donors (Lipinski definition) is 0. The molecule has 0 aliphatic heterocycles. The van der Waals surface area contributed by atoms with Gasteiger partial charge in [-0.25, -0.2) is 0 Å². The van der Waals surface area contributed by atoms with Crippen molar-refractivity contribution < 1.29 is 0 Å². The summed E-state index contributed by atoms with van der Waals surface area (Å²) in [7, 11) is 0. The fourth-order valence-electron chi connectivity index (χ4n) is 12.5. The van der Waals surface area contributed by atoms with Crippen LogP contribution in [0.5, 0.6) is 0 Å². The molecular formula is C70H42. The maximum Gasteiger partial charge on any atom is -0.000719 e. The zero-order valence-electron chi connectivity index (χ0n) is 38.2. The van der Waals surface area contributed by atoms with Gasteiger partial charge in [0.15, 0.2) is 0 Å². The monoisotopic (exact) mass is 882 g/mol. The van der Waals surface area contributed by atoms with Gasteiger partial charge >= 0.3 is 0 Å². The van der Waals surface area contributed by atoms with Gasteiger partial charge in [-0.05, 0) is 173 Å². The zero-order chi connectivity index (χ0) is 45.9. The lowest BCUT2D eigenvalue weighted by Crippen LogP contribution is -1.94. The summed E-state index contributed by atoms with van der Waals surface area (Å²) < 4.78 is 0. The molecule has 0 amide bonds. The lowest BCUT2D eigenvalue weighted by molar-refractivity contribution is 1.61. The minimum Gasteiger partial charge on any atom is -0.0622 e. The fourth-order valence-corrected chi connectivity index (χ4v) is 12.5. The molecule has 13 aromatic rings. The first-order valence-electron chi connectivity index (χ1n) is 24.4. The molecule has 2 aliphatic carbocycles. The topological polar surface area (TPSA) is 0 Å². The van der Waals surface area contributed by atoms with Crippen LogP contribution in [0.1, 0.15) is 0 Å². The molecular weight excluding hydrogens is 841 g/mol. The summed E-state index contributed by atoms with van der Waals surface area (Å²) in [5.41, 5.74) is 25.3. The molecule has 0 atom stereocenters. The van der Waals surface area contributed by atoms with E-state index in [2.05, 4.69) is 255 Å². The Morgan fingerprint density at radius 3 is 1.04 bits per heavy atom. The van der Waals surface area contributed by atoms with Crippen LogP contribution >= 0.6 is 0 Å². The standard InChI is InChI=1S/C70H42/c1-6-20-43(21-7-1)51-38-39-57-66-58(51)41-50(42-60(66)70-63(46-24-10-3-11-25-46)53-33-17-16-32-52(53)62(69(57)70)45-22-8-2-9-23-45)49-36-37-54-59(40-49)65(48-28-14-5-15-29-48)68-56-35-19-31-44-30-18-34-55(61(44)56)67(68)64(54)47-26-12-4-13-27-47/h1-42H. The van der Waals surface area contributed by atoms with Crippen LogP contribution in [0.25, 0.3) is 154 Å². The van der Waals surface area contributed by atoms with Gasteiger partial charge in [0, 0.05) is 0 Å². The van der Waals surface area contributed by atoms with Crippen molar-refractivity contribution in [3.05, 3.63) is 255 Å². The molecule has 15 rings (SSSR count). The van der Waals surface area contributed by atoms with Crippen LogP contribution in [0.2, 0.25) is 0 Å². The summed E-state index contributed by atoms with van der Waals surface area (Å²) in [6.45, 7) is 0. The van der Waals surface area contributed by atoms with Crippen molar-refractivity contribution in [1.29, 1.82) is 0 Å². The maximum absolute atomic E-state index is 2.52. The highest BCUT2D eigenvalue weighted by molar-refractivity contribution is 6.31. The molecule has 0 unspecified atom stereocenters. The van der Waals surface area contributed by atoms with E-state index in [1.165, 1.54) is 154 Å². The average Bonchev–Trinajstić information content (AvgIpc) is 3.94. The highest BCUT2D eigenvalue weighted by Gasteiger charge is 2.34. The van der Waals surface area contributed by atoms with Crippen LogP contribution in [0, 0.1) is 0 Å². The average molecular weight is 883 g/mol. The van der Waals surface area contributed by atoms with E-state index in [9.17, 15) is 0 Å². The first-order chi connectivity index (χ1) is 34.8. The molecule has 2 aliphatic rings. The first kappa shape index (κ1) is 38.9. The molecule has 0 radical (unpaired) electrons. The Morgan fingerprint density at radius 2 is 0.543 bits per heavy atom. The van der Waals surface area contributed by atoms with Gasteiger partial charge < -0.3 is 0 Å². The zero-order valence-corrected chi connectivity index (χ0v) is 38.2. The van der Waals surface area contributed by atoms with Gasteiger partial charge in [0.05, 0.1) is 0 Å². The molecule has 0 N–H and O–H groups in total. The normalized spacial score (nSPS) is 12.0. The Labute approximate surface area is 407 Å². The second-order valence-corrected chi connectivity index (χ2v) is 19.0. The first-order valence-corrected chi connectivity index (χ1v) is 24.4. The Balaban J connectivity index is 1.09. The predicted molar refractivity (Wildman–Crippen MR) is 298 cm³/mol. The Hall–Kier alpha value is -9.10. The Morgan fingerprint density at radius 1 is 0.157 bits per heavy atom. The predicted octanol–water partition coefficient (Wildman–Crippen LogP) is 19.6. The third kappa shape index (κ3) is 5.59. The number of fused-ring (bicyclic) bond motifs is 8. The lowest BCUT2D eigenvalue weighted by Gasteiger charge is -2.21. The van der Waals surface area contributed by atoms with Crippen molar-refractivity contribution in [1.82, 2.24) is 0 Å². The van der Waals surface area contributed by atoms with E-state index in [0.717, 1.165) is 0 Å². The highest BCUT2D eigenvalue weighted by Crippen LogP contribution is 2.61. The van der Waals surface area contributed by atoms with Gasteiger partial charge in [-0.2, -0.15) is 0 Å². The van der Waals surface area contributed by atoms with Crippen LogP contribution in [-0.4, -0.2) is 0 Å². The van der Waals surface area contributed by atoms with Crippen molar-refractivity contribution in [2.45, 2.75) is 0 Å². The summed E-state index contributed by atoms with van der Waals surface area (Å²) in [6, 6.07) is 95.1. The molecule has 0 saturated heterocycles. The molecule has 322 valence electrons. The van der Waals surface area contributed by atoms with Crippen LogP contribution in [0.3, 0.4) is 0 Å². The fraction of sp³-hybridized carbons (Fsp3) is 0. The van der Waals surface area contributed by atoms with E-state index in [4.69, 9.17) is 0 Å². The third-order valence-corrected chi connectivity index (χ3v) is 15.3. The maximum atomic E-state index is 2.52. The van der Waals surface area contributed by atoms with Crippen LogP contribution in [0.4, 0.5) is 0 Å². The van der Waals surface area contributed by atoms with Crippen LogP contribution in [-0.2, 0) is 0 Å². The van der Waals surface area contributed by atoms with Gasteiger partial charge in [0.25, 0.3) is 0 Å². The van der Waals surface area contributed by atoms with Crippen molar-refractivity contribution in [2.24, 2.45) is 0 Å². The van der Waals surface area contributed by atoms with Gasteiger partial charge in [-0.15, -0.1) is 0 Å². The molecule has 0 spiro atoms. The summed E-state index contributed by atoms with van der Waals surface area (Å²) in [4.78, 5) is 0. The molecule has 0 aromatic heterocycles. The third-order valence-electron chi connectivity index (χ3n) is 15.3. The number of hydrogen-bond acceptors (Lipinski definition) is 0. The summed E-state index contributed by atoms with van der Waals surface area (Å²) in [5.74, 6) is 0. The van der Waals surface area contributed by atoms with Crippen molar-refractivity contribution >= 4 is 43.1 Å². The second-order valence-electron chi connectivity index (χ2n) is 19.0. The van der Waals surface area contributed by atoms with E-state index in [-0.39, 0.29) is 0 Å². The van der Waals surface area contributed by atoms with E-state index in [1.807, 2.05) is 0 Å². The highest BCUT2D eigenvalue weighted by atomic mass is 14.4. The molecule has 0 saturated carbocycles. The van der Waals surface area contributed by atoms with Gasteiger partial charge in [0.2, 0.25) is 0 Å². The number of rotatable bonds is 6. The van der Waals surface area contributed by atoms with E-state index >= 15 is 0 Å². The Kier molecular flexibility index (Phi) is 8.46. The molecule has 0 nitrogen and oxygen atoms in total. The van der Waals surface area contributed by atoms with Gasteiger partial charge in [0.1, 0.15) is 0 Å². The summed E-state index contributed by atoms with van der Waals surface area (Å²) in [5, 5.41) is 10.2. The van der Waals surface area contributed by atoms with Crippen molar-refractivity contribution in [3.8, 4) is 111 Å². The smallest absolute Gasteiger partial charge is 0.000719 e. The molecule has 0 heteroatoms. The summed E-state index contributed by atoms with van der Waals surface area (Å²) in [6.07, 6.45) is 0. The Bertz CT molecular complexity index is 4280. The van der Waals surface area contributed by atoms with Gasteiger partial charge in [-0.1, -0.05) is 237 Å². The number of benzene rings is 13. The van der Waals surface area contributed by atoms with E-state index in [0.29, 0.717) is 0 Å². The van der Waals surface area contributed by atoms with Crippen molar-refractivity contribution in [3.63, 3.8) is 0 Å². The largest absolute Gasteiger partial charge is 0.0622 e. The molecule has 0 bridgehead atoms. The SMILES string of the molecule is c1ccc(-c2c3c(c(-c4ccccc4)c4cc(-c5cc6c7c(ccc(-c8ccccc8)c7c5)-c5c-6c(-c6ccccc6)c6ccccc6c5-c5ccccc5)ccc24)-c2cccc4cccc-3c24)cc1. The van der Waals surface area contributed by atoms with Crippen LogP contribution < -0.4 is 0 Å². The minimum absolute atomic E-state index is 1.19. The second kappa shape index (κ2) is 15.2. The van der Waals surface area contributed by atoms with Crippen molar-refractivity contribution in [2.75, 3.05) is 0 Å². The van der Waals surface area contributed by atoms with E-state index < -0.39 is 0 Å². The molecule has 13 aromatic carbocycles.